The van der Waals surface area contributed by atoms with Crippen molar-refractivity contribution < 1.29 is 0 Å². The zero-order valence-corrected chi connectivity index (χ0v) is 10.4. The quantitative estimate of drug-likeness (QED) is 0.738. The molecule has 0 radical (unpaired) electrons. The molecule has 4 heterocycles. The second kappa shape index (κ2) is 3.31. The topological polar surface area (TPSA) is 15.3 Å². The Morgan fingerprint density at radius 3 is 3.44 bits per heavy atom. The molecule has 2 atom stereocenters. The van der Waals surface area contributed by atoms with Gasteiger partial charge in [-0.05, 0) is 49.2 Å². The zero-order valence-electron chi connectivity index (χ0n) is 9.54. The number of nitrogens with one attached hydrogen (secondary N) is 1. The first-order chi connectivity index (χ1) is 7.90. The van der Waals surface area contributed by atoms with Gasteiger partial charge in [0, 0.05) is 24.0 Å². The molecule has 4 rings (SSSR count). The molecule has 0 aromatic carbocycles. The van der Waals surface area contributed by atoms with Gasteiger partial charge < -0.3 is 5.32 Å². The maximum atomic E-state index is 3.88. The molecule has 0 bridgehead atoms. The van der Waals surface area contributed by atoms with Gasteiger partial charge in [0.05, 0.1) is 5.54 Å². The van der Waals surface area contributed by atoms with E-state index in [2.05, 4.69) is 21.7 Å². The fraction of sp³-hybridized carbons (Fsp3) is 0.692. The smallest absolute Gasteiger partial charge is 0.0701 e. The minimum atomic E-state index is 0.332. The molecule has 2 saturated heterocycles. The molecule has 3 heteroatoms. The summed E-state index contributed by atoms with van der Waals surface area (Å²) >= 11 is 1.98. The number of thiophene rings is 1. The standard InChI is InChI=1S/C13H18N2S/c1-2-11-13(5-8-15(11)7-1)12-10(3-6-14-13)4-9-16-12/h4,9,11,14H,1-3,5-8H2. The Bertz CT molecular complexity index is 414. The van der Waals surface area contributed by atoms with E-state index in [1.165, 1.54) is 45.3 Å². The van der Waals surface area contributed by atoms with E-state index >= 15 is 0 Å². The molecule has 3 aliphatic rings. The molecule has 0 amide bonds. The zero-order chi connectivity index (χ0) is 10.6. The monoisotopic (exact) mass is 234 g/mol. The van der Waals surface area contributed by atoms with Crippen LogP contribution in [-0.4, -0.2) is 30.6 Å². The van der Waals surface area contributed by atoms with Gasteiger partial charge in [-0.3, -0.25) is 4.90 Å². The molecule has 0 aliphatic carbocycles. The fourth-order valence-corrected chi connectivity index (χ4v) is 5.24. The average molecular weight is 234 g/mol. The molecule has 2 nitrogen and oxygen atoms in total. The van der Waals surface area contributed by atoms with Gasteiger partial charge in [-0.15, -0.1) is 11.3 Å². The second-order valence-electron chi connectivity index (χ2n) is 5.37. The summed E-state index contributed by atoms with van der Waals surface area (Å²) in [6.07, 6.45) is 5.34. The maximum absolute atomic E-state index is 3.88. The Labute approximate surface area is 101 Å². The summed E-state index contributed by atoms with van der Waals surface area (Å²) in [4.78, 5) is 4.37. The van der Waals surface area contributed by atoms with Crippen molar-refractivity contribution in [3.05, 3.63) is 21.9 Å². The van der Waals surface area contributed by atoms with Crippen molar-refractivity contribution in [2.45, 2.75) is 37.3 Å². The summed E-state index contributed by atoms with van der Waals surface area (Å²) in [6, 6.07) is 3.13. The predicted molar refractivity (Wildman–Crippen MR) is 66.9 cm³/mol. The Kier molecular flexibility index (Phi) is 1.99. The molecule has 2 fully saturated rings. The van der Waals surface area contributed by atoms with Crippen molar-refractivity contribution in [3.8, 4) is 0 Å². The summed E-state index contributed by atoms with van der Waals surface area (Å²) in [5, 5.41) is 6.17. The highest BCUT2D eigenvalue weighted by atomic mass is 32.1. The van der Waals surface area contributed by atoms with Crippen LogP contribution in [0.2, 0.25) is 0 Å². The van der Waals surface area contributed by atoms with Gasteiger partial charge >= 0.3 is 0 Å². The SMILES string of the molecule is c1cc2c(s1)C1(CCN3CCCC31)NCC2. The third-order valence-electron chi connectivity index (χ3n) is 4.71. The van der Waals surface area contributed by atoms with Crippen LogP contribution in [0.4, 0.5) is 0 Å². The number of hydrogen-bond acceptors (Lipinski definition) is 3. The van der Waals surface area contributed by atoms with Crippen LogP contribution in [0.15, 0.2) is 11.4 Å². The van der Waals surface area contributed by atoms with Crippen LogP contribution in [-0.2, 0) is 12.0 Å². The van der Waals surface area contributed by atoms with Gasteiger partial charge in [0.25, 0.3) is 0 Å². The van der Waals surface area contributed by atoms with E-state index in [1.54, 1.807) is 10.4 Å². The van der Waals surface area contributed by atoms with Gasteiger partial charge in [-0.1, -0.05) is 0 Å². The molecule has 1 N–H and O–H groups in total. The van der Waals surface area contributed by atoms with E-state index < -0.39 is 0 Å². The summed E-state index contributed by atoms with van der Waals surface area (Å²) in [7, 11) is 0. The van der Waals surface area contributed by atoms with Gasteiger partial charge in [-0.2, -0.15) is 0 Å². The normalized spacial score (nSPS) is 37.9. The van der Waals surface area contributed by atoms with E-state index in [0.717, 1.165) is 6.04 Å². The highest BCUT2D eigenvalue weighted by Crippen LogP contribution is 2.47. The molecular weight excluding hydrogens is 216 g/mol. The molecule has 16 heavy (non-hydrogen) atoms. The summed E-state index contributed by atoms with van der Waals surface area (Å²) in [5.74, 6) is 0. The fourth-order valence-electron chi connectivity index (χ4n) is 4.03. The summed E-state index contributed by atoms with van der Waals surface area (Å²) < 4.78 is 0. The first kappa shape index (κ1) is 9.63. The molecular formula is C13H18N2S. The molecule has 1 aromatic rings. The van der Waals surface area contributed by atoms with Crippen LogP contribution in [0.3, 0.4) is 0 Å². The Morgan fingerprint density at radius 1 is 1.44 bits per heavy atom. The average Bonchev–Trinajstić information content (AvgIpc) is 2.97. The minimum Gasteiger partial charge on any atom is -0.305 e. The van der Waals surface area contributed by atoms with Crippen molar-refractivity contribution in [2.75, 3.05) is 19.6 Å². The highest BCUT2D eigenvalue weighted by molar-refractivity contribution is 7.10. The van der Waals surface area contributed by atoms with Gasteiger partial charge in [0.1, 0.15) is 0 Å². The van der Waals surface area contributed by atoms with Crippen molar-refractivity contribution in [1.82, 2.24) is 10.2 Å². The van der Waals surface area contributed by atoms with Gasteiger partial charge in [0.15, 0.2) is 0 Å². The molecule has 3 aliphatic heterocycles. The third-order valence-corrected chi connectivity index (χ3v) is 5.85. The Hall–Kier alpha value is -0.380. The van der Waals surface area contributed by atoms with Crippen LogP contribution in [0.5, 0.6) is 0 Å². The maximum Gasteiger partial charge on any atom is 0.0701 e. The molecule has 2 unspecified atom stereocenters. The molecule has 86 valence electrons. The lowest BCUT2D eigenvalue weighted by atomic mass is 9.82. The Balaban J connectivity index is 1.83. The van der Waals surface area contributed by atoms with Crippen LogP contribution in [0, 0.1) is 0 Å². The van der Waals surface area contributed by atoms with E-state index in [-0.39, 0.29) is 0 Å². The van der Waals surface area contributed by atoms with Crippen LogP contribution in [0.1, 0.15) is 29.7 Å². The number of nitrogens with zero attached hydrogens (tertiary/aromatic N) is 1. The first-order valence-corrected chi connectivity index (χ1v) is 7.34. The summed E-state index contributed by atoms with van der Waals surface area (Å²) in [6.45, 7) is 3.80. The van der Waals surface area contributed by atoms with Crippen LogP contribution >= 0.6 is 11.3 Å². The first-order valence-electron chi connectivity index (χ1n) is 6.46. The van der Waals surface area contributed by atoms with E-state index in [0.29, 0.717) is 5.54 Å². The lowest BCUT2D eigenvalue weighted by Crippen LogP contribution is -2.53. The molecule has 0 saturated carbocycles. The lowest BCUT2D eigenvalue weighted by molar-refractivity contribution is 0.221. The van der Waals surface area contributed by atoms with Crippen molar-refractivity contribution >= 4 is 11.3 Å². The predicted octanol–water partition coefficient (Wildman–Crippen LogP) is 1.96. The lowest BCUT2D eigenvalue weighted by Gasteiger charge is -2.39. The number of hydrogen-bond donors (Lipinski definition) is 1. The van der Waals surface area contributed by atoms with Crippen molar-refractivity contribution in [3.63, 3.8) is 0 Å². The van der Waals surface area contributed by atoms with E-state index in [1.807, 2.05) is 11.3 Å². The molecule has 1 spiro atoms. The van der Waals surface area contributed by atoms with Crippen molar-refractivity contribution in [2.24, 2.45) is 0 Å². The van der Waals surface area contributed by atoms with E-state index in [4.69, 9.17) is 0 Å². The Morgan fingerprint density at radius 2 is 2.44 bits per heavy atom. The number of rotatable bonds is 0. The third kappa shape index (κ3) is 1.09. The van der Waals surface area contributed by atoms with Gasteiger partial charge in [-0.25, -0.2) is 0 Å². The van der Waals surface area contributed by atoms with Crippen LogP contribution < -0.4 is 5.32 Å². The minimum absolute atomic E-state index is 0.332. The van der Waals surface area contributed by atoms with Gasteiger partial charge in [0.2, 0.25) is 0 Å². The highest BCUT2D eigenvalue weighted by Gasteiger charge is 2.52. The molecule has 1 aromatic heterocycles. The van der Waals surface area contributed by atoms with Crippen molar-refractivity contribution in [1.29, 1.82) is 0 Å². The van der Waals surface area contributed by atoms with Crippen LogP contribution in [0.25, 0.3) is 0 Å². The second-order valence-corrected chi connectivity index (χ2v) is 6.28. The largest absolute Gasteiger partial charge is 0.305 e. The van der Waals surface area contributed by atoms with E-state index in [9.17, 15) is 0 Å². The number of fused-ring (bicyclic) bond motifs is 4. The summed E-state index contributed by atoms with van der Waals surface area (Å²) in [5.41, 5.74) is 1.95.